The van der Waals surface area contributed by atoms with Crippen LogP contribution in [0.2, 0.25) is 0 Å². The van der Waals surface area contributed by atoms with Gasteiger partial charge in [-0.15, -0.1) is 0 Å². The summed E-state index contributed by atoms with van der Waals surface area (Å²) in [6, 6.07) is -0.861. The van der Waals surface area contributed by atoms with Gasteiger partial charge in [0.05, 0.1) is 7.11 Å². The van der Waals surface area contributed by atoms with Gasteiger partial charge < -0.3 is 10.1 Å². The van der Waals surface area contributed by atoms with E-state index >= 15 is 0 Å². The van der Waals surface area contributed by atoms with Crippen LogP contribution in [-0.2, 0) is 19.1 Å². The van der Waals surface area contributed by atoms with Gasteiger partial charge in [0.25, 0.3) is 0 Å². The Morgan fingerprint density at radius 3 is 2.05 bits per heavy atom. The molecule has 108 valence electrons. The smallest absolute Gasteiger partial charge is 0.328 e. The average Bonchev–Trinajstić information content (AvgIpc) is 2.94. The van der Waals surface area contributed by atoms with Crippen molar-refractivity contribution >= 4 is 17.7 Å². The first-order chi connectivity index (χ1) is 8.93. The molecule has 1 N–H and O–H groups in total. The largest absolute Gasteiger partial charge is 0.467 e. The number of methoxy groups -OCH3 is 1. The summed E-state index contributed by atoms with van der Waals surface area (Å²) in [5.41, 5.74) is 0. The van der Waals surface area contributed by atoms with Crippen molar-refractivity contribution in [1.82, 2.24) is 5.32 Å². The highest BCUT2D eigenvalue weighted by molar-refractivity contribution is 5.88. The number of ketones is 1. The Hall–Kier alpha value is -1.39. The fourth-order valence-electron chi connectivity index (χ4n) is 2.53. The number of amides is 1. The van der Waals surface area contributed by atoms with Crippen LogP contribution in [-0.4, -0.2) is 30.8 Å². The number of fused-ring (bicyclic) bond motifs is 1. The first-order valence-corrected chi connectivity index (χ1v) is 6.78. The van der Waals surface area contributed by atoms with Crippen LogP contribution in [0.15, 0.2) is 0 Å². The number of carbonyl (C=O) groups is 3. The molecule has 3 unspecified atom stereocenters. The second-order valence-corrected chi connectivity index (χ2v) is 5.37. The number of nitrogens with one attached hydrogen (secondary N) is 1. The van der Waals surface area contributed by atoms with E-state index in [1.165, 1.54) is 39.2 Å². The van der Waals surface area contributed by atoms with Gasteiger partial charge in [-0.1, -0.05) is 19.3 Å². The molecule has 0 spiro atoms. The summed E-state index contributed by atoms with van der Waals surface area (Å²) in [7, 11) is 1.21. The van der Waals surface area contributed by atoms with Crippen molar-refractivity contribution in [2.75, 3.05) is 7.11 Å². The van der Waals surface area contributed by atoms with Crippen LogP contribution in [0, 0.1) is 11.8 Å². The molecule has 0 radical (unpaired) electrons. The van der Waals surface area contributed by atoms with Crippen molar-refractivity contribution in [3.63, 3.8) is 0 Å². The Balaban J connectivity index is 0.000000241. The number of hydrogen-bond acceptors (Lipinski definition) is 4. The van der Waals surface area contributed by atoms with Gasteiger partial charge in [-0.25, -0.2) is 4.79 Å². The molecule has 0 bridgehead atoms. The van der Waals surface area contributed by atoms with Crippen LogP contribution in [0.25, 0.3) is 0 Å². The molecular weight excluding hydrogens is 246 g/mol. The van der Waals surface area contributed by atoms with Crippen LogP contribution in [0.5, 0.6) is 0 Å². The Morgan fingerprint density at radius 2 is 1.79 bits per heavy atom. The molecule has 3 atom stereocenters. The van der Waals surface area contributed by atoms with Crippen molar-refractivity contribution in [2.45, 2.75) is 52.0 Å². The van der Waals surface area contributed by atoms with Gasteiger partial charge in [-0.05, 0) is 25.2 Å². The number of ether oxygens (including phenoxy) is 1. The monoisotopic (exact) mass is 269 g/mol. The maximum Gasteiger partial charge on any atom is 0.328 e. The summed E-state index contributed by atoms with van der Waals surface area (Å²) in [6.07, 6.45) is 6.21. The zero-order valence-corrected chi connectivity index (χ0v) is 11.9. The predicted molar refractivity (Wildman–Crippen MR) is 70.4 cm³/mol. The highest BCUT2D eigenvalue weighted by atomic mass is 16.5. The van der Waals surface area contributed by atoms with E-state index in [0.29, 0.717) is 0 Å². The third kappa shape index (κ3) is 5.85. The van der Waals surface area contributed by atoms with Gasteiger partial charge in [0.15, 0.2) is 0 Å². The number of carbonyl (C=O) groups excluding carboxylic acids is 3. The summed E-state index contributed by atoms with van der Waals surface area (Å²) in [5, 5.41) is 2.33. The summed E-state index contributed by atoms with van der Waals surface area (Å²) in [5.74, 6) is 1.28. The highest BCUT2D eigenvalue weighted by Crippen LogP contribution is 2.51. The van der Waals surface area contributed by atoms with Gasteiger partial charge in [-0.2, -0.15) is 0 Å². The van der Waals surface area contributed by atoms with E-state index in [9.17, 15) is 14.4 Å². The fourth-order valence-corrected chi connectivity index (χ4v) is 2.53. The lowest BCUT2D eigenvalue weighted by molar-refractivity contribution is -0.146. The summed E-state index contributed by atoms with van der Waals surface area (Å²) >= 11 is 0. The molecular formula is C14H23NO4. The van der Waals surface area contributed by atoms with E-state index in [4.69, 9.17) is 0 Å². The predicted octanol–water partition coefficient (Wildman–Crippen LogP) is 1.45. The SMILES string of the molecule is C1CC2CC2C1.COC(=O)C(CC(C)=O)NC(C)=O. The third-order valence-corrected chi connectivity index (χ3v) is 3.57. The Labute approximate surface area is 114 Å². The number of hydrogen-bond donors (Lipinski definition) is 1. The molecule has 2 rings (SSSR count). The Morgan fingerprint density at radius 1 is 1.21 bits per heavy atom. The van der Waals surface area contributed by atoms with Crippen molar-refractivity contribution in [1.29, 1.82) is 0 Å². The molecule has 1 amide bonds. The van der Waals surface area contributed by atoms with Crippen LogP contribution in [0.4, 0.5) is 0 Å². The van der Waals surface area contributed by atoms with Gasteiger partial charge in [0, 0.05) is 13.3 Å². The first kappa shape index (κ1) is 15.7. The molecule has 5 nitrogen and oxygen atoms in total. The van der Waals surface area contributed by atoms with Crippen molar-refractivity contribution in [3.05, 3.63) is 0 Å². The van der Waals surface area contributed by atoms with Crippen LogP contribution in [0.1, 0.15) is 46.0 Å². The van der Waals surface area contributed by atoms with Gasteiger partial charge >= 0.3 is 5.97 Å². The molecule has 2 saturated carbocycles. The summed E-state index contributed by atoms with van der Waals surface area (Å²) in [4.78, 5) is 32.3. The van der Waals surface area contributed by atoms with Crippen LogP contribution < -0.4 is 5.32 Å². The maximum atomic E-state index is 11.0. The molecule has 0 heterocycles. The molecule has 0 aliphatic heterocycles. The lowest BCUT2D eigenvalue weighted by atomic mass is 10.1. The molecule has 0 saturated heterocycles. The van der Waals surface area contributed by atoms with Crippen LogP contribution in [0.3, 0.4) is 0 Å². The van der Waals surface area contributed by atoms with E-state index < -0.39 is 12.0 Å². The molecule has 0 aromatic heterocycles. The molecule has 0 aromatic rings. The average molecular weight is 269 g/mol. The van der Waals surface area contributed by atoms with E-state index in [-0.39, 0.29) is 18.1 Å². The van der Waals surface area contributed by atoms with Crippen LogP contribution >= 0.6 is 0 Å². The van der Waals surface area contributed by atoms with Gasteiger partial charge in [-0.3, -0.25) is 9.59 Å². The minimum absolute atomic E-state index is 0.0355. The molecule has 2 aliphatic carbocycles. The summed E-state index contributed by atoms with van der Waals surface area (Å²) < 4.78 is 4.41. The van der Waals surface area contributed by atoms with E-state index in [2.05, 4.69) is 10.1 Å². The maximum absolute atomic E-state index is 11.0. The standard InChI is InChI=1S/C8H13NO4.C6H10/c1-5(10)4-7(8(12)13-3)9-6(2)11;1-2-5-4-6(5)3-1/h7H,4H2,1-3H3,(H,9,11);5-6H,1-4H2. The zero-order valence-electron chi connectivity index (χ0n) is 11.9. The van der Waals surface area contributed by atoms with Crippen molar-refractivity contribution in [3.8, 4) is 0 Å². The fraction of sp³-hybridized carbons (Fsp3) is 0.786. The van der Waals surface area contributed by atoms with Crippen molar-refractivity contribution < 1.29 is 19.1 Å². The molecule has 0 aromatic carbocycles. The second kappa shape index (κ2) is 7.26. The number of Topliss-reactive ketones (excluding diaryl/α,β-unsaturated/α-hetero) is 1. The first-order valence-electron chi connectivity index (χ1n) is 6.78. The Bertz CT molecular complexity index is 329. The quantitative estimate of drug-likeness (QED) is 0.784. The summed E-state index contributed by atoms with van der Waals surface area (Å²) in [6.45, 7) is 2.62. The minimum Gasteiger partial charge on any atom is -0.467 e. The van der Waals surface area contributed by atoms with Gasteiger partial charge in [0.1, 0.15) is 11.8 Å². The van der Waals surface area contributed by atoms with Crippen molar-refractivity contribution in [2.24, 2.45) is 11.8 Å². The normalized spacial score (nSPS) is 24.4. The molecule has 5 heteroatoms. The van der Waals surface area contributed by atoms with E-state index in [1.807, 2.05) is 0 Å². The minimum atomic E-state index is -0.861. The number of esters is 1. The molecule has 19 heavy (non-hydrogen) atoms. The van der Waals surface area contributed by atoms with Gasteiger partial charge in [0.2, 0.25) is 5.91 Å². The molecule has 2 aliphatic rings. The van der Waals surface area contributed by atoms with E-state index in [0.717, 1.165) is 0 Å². The number of rotatable bonds is 4. The topological polar surface area (TPSA) is 72.5 Å². The lowest BCUT2D eigenvalue weighted by Crippen LogP contribution is -2.41. The highest BCUT2D eigenvalue weighted by Gasteiger charge is 2.40. The third-order valence-electron chi connectivity index (χ3n) is 3.57. The second-order valence-electron chi connectivity index (χ2n) is 5.37. The Kier molecular flexibility index (Phi) is 5.99. The lowest BCUT2D eigenvalue weighted by Gasteiger charge is -2.13. The molecule has 2 fully saturated rings. The zero-order chi connectivity index (χ0) is 14.4. The van der Waals surface area contributed by atoms with E-state index in [1.54, 1.807) is 19.3 Å².